The van der Waals surface area contributed by atoms with Gasteiger partial charge in [-0.1, -0.05) is 30.3 Å². The van der Waals surface area contributed by atoms with Gasteiger partial charge in [-0.05, 0) is 29.7 Å². The van der Waals surface area contributed by atoms with Crippen LogP contribution in [0.25, 0.3) is 0 Å². The summed E-state index contributed by atoms with van der Waals surface area (Å²) >= 11 is 0. The number of pyridine rings is 1. The molecule has 24 heavy (non-hydrogen) atoms. The van der Waals surface area contributed by atoms with Gasteiger partial charge in [-0.15, -0.1) is 0 Å². The Labute approximate surface area is 141 Å². The van der Waals surface area contributed by atoms with Crippen LogP contribution >= 0.6 is 0 Å². The molecule has 1 aromatic carbocycles. The number of hydrogen-bond donors (Lipinski definition) is 0. The molecule has 1 saturated heterocycles. The molecule has 0 aliphatic carbocycles. The van der Waals surface area contributed by atoms with Gasteiger partial charge in [0.25, 0.3) is 5.91 Å². The number of fused-ring (bicyclic) bond motifs is 1. The summed E-state index contributed by atoms with van der Waals surface area (Å²) in [6.07, 6.45) is 1.01. The summed E-state index contributed by atoms with van der Waals surface area (Å²) in [5.74, 6) is 0.876. The van der Waals surface area contributed by atoms with Crippen molar-refractivity contribution in [3.8, 4) is 0 Å². The number of anilines is 1. The van der Waals surface area contributed by atoms with Gasteiger partial charge >= 0.3 is 0 Å². The third-order valence-electron chi connectivity index (χ3n) is 4.71. The third kappa shape index (κ3) is 2.99. The minimum absolute atomic E-state index is 0.00226. The summed E-state index contributed by atoms with van der Waals surface area (Å²) in [7, 11) is 0. The van der Waals surface area contributed by atoms with Gasteiger partial charge in [0.2, 0.25) is 0 Å². The van der Waals surface area contributed by atoms with Crippen LogP contribution in [0.4, 0.5) is 5.82 Å². The van der Waals surface area contributed by atoms with E-state index in [1.165, 1.54) is 11.1 Å². The first-order valence-electron chi connectivity index (χ1n) is 8.47. The van der Waals surface area contributed by atoms with Crippen LogP contribution in [-0.2, 0) is 17.7 Å². The van der Waals surface area contributed by atoms with Crippen LogP contribution in [0.3, 0.4) is 0 Å². The molecule has 5 heteroatoms. The van der Waals surface area contributed by atoms with Crippen LogP contribution in [0, 0.1) is 0 Å². The van der Waals surface area contributed by atoms with E-state index in [2.05, 4.69) is 34.1 Å². The van der Waals surface area contributed by atoms with Crippen molar-refractivity contribution in [3.05, 3.63) is 59.3 Å². The summed E-state index contributed by atoms with van der Waals surface area (Å²) in [6, 6.07) is 14.3. The second-order valence-corrected chi connectivity index (χ2v) is 6.23. The van der Waals surface area contributed by atoms with E-state index in [0.29, 0.717) is 32.0 Å². The molecule has 3 heterocycles. The topological polar surface area (TPSA) is 45.7 Å². The number of ether oxygens (including phenoxy) is 1. The van der Waals surface area contributed by atoms with E-state index in [-0.39, 0.29) is 5.91 Å². The predicted molar refractivity (Wildman–Crippen MR) is 92.2 cm³/mol. The number of hydrogen-bond acceptors (Lipinski definition) is 4. The van der Waals surface area contributed by atoms with Gasteiger partial charge < -0.3 is 14.5 Å². The molecule has 2 aliphatic rings. The van der Waals surface area contributed by atoms with Crippen LogP contribution in [0.1, 0.15) is 21.6 Å². The number of rotatable bonds is 2. The van der Waals surface area contributed by atoms with Crippen molar-refractivity contribution in [2.24, 2.45) is 0 Å². The highest BCUT2D eigenvalue weighted by molar-refractivity contribution is 5.92. The minimum Gasteiger partial charge on any atom is -0.378 e. The molecule has 4 rings (SSSR count). The molecule has 5 nitrogen and oxygen atoms in total. The van der Waals surface area contributed by atoms with Gasteiger partial charge in [0, 0.05) is 26.2 Å². The Kier molecular flexibility index (Phi) is 4.17. The molecule has 0 bridgehead atoms. The molecule has 2 aromatic rings. The lowest BCUT2D eigenvalue weighted by Crippen LogP contribution is -2.41. The summed E-state index contributed by atoms with van der Waals surface area (Å²) < 4.78 is 5.32. The molecule has 2 aliphatic heterocycles. The maximum absolute atomic E-state index is 12.6. The number of amides is 1. The van der Waals surface area contributed by atoms with Gasteiger partial charge in [0.1, 0.15) is 11.5 Å². The van der Waals surface area contributed by atoms with Crippen molar-refractivity contribution in [2.75, 3.05) is 37.7 Å². The highest BCUT2D eigenvalue weighted by atomic mass is 16.5. The van der Waals surface area contributed by atoms with Gasteiger partial charge in [-0.25, -0.2) is 4.98 Å². The van der Waals surface area contributed by atoms with Gasteiger partial charge in [-0.3, -0.25) is 4.79 Å². The largest absolute Gasteiger partial charge is 0.378 e. The molecule has 0 saturated carbocycles. The highest BCUT2D eigenvalue weighted by Gasteiger charge is 2.22. The number of carbonyl (C=O) groups excluding carboxylic acids is 1. The molecule has 0 spiro atoms. The van der Waals surface area contributed by atoms with E-state index in [1.807, 2.05) is 17.0 Å². The zero-order chi connectivity index (χ0) is 16.4. The quantitative estimate of drug-likeness (QED) is 0.849. The lowest BCUT2D eigenvalue weighted by atomic mass is 10.00. The first kappa shape index (κ1) is 15.1. The van der Waals surface area contributed by atoms with Gasteiger partial charge in [0.05, 0.1) is 13.2 Å². The smallest absolute Gasteiger partial charge is 0.272 e. The fourth-order valence-corrected chi connectivity index (χ4v) is 3.34. The van der Waals surface area contributed by atoms with Crippen molar-refractivity contribution in [1.82, 2.24) is 9.88 Å². The maximum Gasteiger partial charge on any atom is 0.272 e. The van der Waals surface area contributed by atoms with Crippen molar-refractivity contribution in [3.63, 3.8) is 0 Å². The number of benzene rings is 1. The van der Waals surface area contributed by atoms with Crippen molar-refractivity contribution < 1.29 is 9.53 Å². The molecule has 1 fully saturated rings. The standard InChI is InChI=1S/C19H21N3O2/c23-19(21-10-12-24-13-11-21)17-6-3-7-18(20-17)22-9-8-15-4-1-2-5-16(15)14-22/h1-7H,8-14H2. The Morgan fingerprint density at radius 2 is 1.75 bits per heavy atom. The number of aromatic nitrogens is 1. The van der Waals surface area contributed by atoms with Crippen LogP contribution in [0.5, 0.6) is 0 Å². The monoisotopic (exact) mass is 323 g/mol. The van der Waals surface area contributed by atoms with Gasteiger partial charge in [-0.2, -0.15) is 0 Å². The van der Waals surface area contributed by atoms with Crippen molar-refractivity contribution >= 4 is 11.7 Å². The number of carbonyl (C=O) groups is 1. The number of nitrogens with zero attached hydrogens (tertiary/aromatic N) is 3. The highest BCUT2D eigenvalue weighted by Crippen LogP contribution is 2.23. The van der Waals surface area contributed by atoms with E-state index in [1.54, 1.807) is 6.07 Å². The Morgan fingerprint density at radius 1 is 0.958 bits per heavy atom. The Hall–Kier alpha value is -2.40. The molecule has 1 amide bonds. The fourth-order valence-electron chi connectivity index (χ4n) is 3.34. The first-order valence-corrected chi connectivity index (χ1v) is 8.47. The molecule has 0 atom stereocenters. The molecular weight excluding hydrogens is 302 g/mol. The molecule has 0 unspecified atom stereocenters. The summed E-state index contributed by atoms with van der Waals surface area (Å²) in [4.78, 5) is 21.3. The first-order chi connectivity index (χ1) is 11.8. The zero-order valence-corrected chi connectivity index (χ0v) is 13.6. The number of morpholine rings is 1. The van der Waals surface area contributed by atoms with Crippen LogP contribution < -0.4 is 4.90 Å². The summed E-state index contributed by atoms with van der Waals surface area (Å²) in [6.45, 7) is 4.27. The SMILES string of the molecule is O=C(c1cccc(N2CCc3ccccc3C2)n1)N1CCOCC1. The second-order valence-electron chi connectivity index (χ2n) is 6.23. The zero-order valence-electron chi connectivity index (χ0n) is 13.6. The summed E-state index contributed by atoms with van der Waals surface area (Å²) in [5.41, 5.74) is 3.28. The molecule has 0 radical (unpaired) electrons. The third-order valence-corrected chi connectivity index (χ3v) is 4.71. The van der Waals surface area contributed by atoms with E-state index < -0.39 is 0 Å². The normalized spacial score (nSPS) is 17.5. The minimum atomic E-state index is -0.00226. The van der Waals surface area contributed by atoms with Gasteiger partial charge in [0.15, 0.2) is 0 Å². The molecular formula is C19H21N3O2. The van der Waals surface area contributed by atoms with Crippen molar-refractivity contribution in [2.45, 2.75) is 13.0 Å². The summed E-state index contributed by atoms with van der Waals surface area (Å²) in [5, 5.41) is 0. The van der Waals surface area contributed by atoms with Crippen LogP contribution in [0.15, 0.2) is 42.5 Å². The Balaban J connectivity index is 1.54. The van der Waals surface area contributed by atoms with Crippen molar-refractivity contribution in [1.29, 1.82) is 0 Å². The van der Waals surface area contributed by atoms with Crippen LogP contribution in [-0.4, -0.2) is 48.6 Å². The Bertz CT molecular complexity index is 741. The Morgan fingerprint density at radius 3 is 2.58 bits per heavy atom. The molecule has 0 N–H and O–H groups in total. The predicted octanol–water partition coefficient (Wildman–Crippen LogP) is 2.12. The lowest BCUT2D eigenvalue weighted by molar-refractivity contribution is 0.0299. The fraction of sp³-hybridized carbons (Fsp3) is 0.368. The average Bonchev–Trinajstić information content (AvgIpc) is 2.68. The second kappa shape index (κ2) is 6.61. The maximum atomic E-state index is 12.6. The molecule has 1 aromatic heterocycles. The lowest BCUT2D eigenvalue weighted by Gasteiger charge is -2.30. The van der Waals surface area contributed by atoms with E-state index in [9.17, 15) is 4.79 Å². The average molecular weight is 323 g/mol. The molecule has 124 valence electrons. The van der Waals surface area contributed by atoms with E-state index >= 15 is 0 Å². The van der Waals surface area contributed by atoms with E-state index in [0.717, 1.165) is 25.3 Å². The van der Waals surface area contributed by atoms with Crippen LogP contribution in [0.2, 0.25) is 0 Å². The van der Waals surface area contributed by atoms with E-state index in [4.69, 9.17) is 4.74 Å².